The van der Waals surface area contributed by atoms with E-state index in [0.29, 0.717) is 12.2 Å². The number of phenolic OH excluding ortho intramolecular Hbond substituents is 1. The van der Waals surface area contributed by atoms with Gasteiger partial charge in [-0.25, -0.2) is 0 Å². The maximum Gasteiger partial charge on any atom is 0.692 e. The normalized spacial score (nSPS) is 8.12. The first-order valence-corrected chi connectivity index (χ1v) is 5.58. The molecule has 0 aliphatic carbocycles. The summed E-state index contributed by atoms with van der Waals surface area (Å²) in [6.45, 7) is 7.30. The van der Waals surface area contributed by atoms with Gasteiger partial charge in [0.2, 0.25) is 0 Å². The van der Waals surface area contributed by atoms with Gasteiger partial charge in [-0.15, -0.1) is 16.4 Å². The summed E-state index contributed by atoms with van der Waals surface area (Å²) in [7, 11) is -2.87. The molecule has 0 fully saturated rings. The van der Waals surface area contributed by atoms with Crippen LogP contribution in [0.2, 0.25) is 0 Å². The zero-order valence-corrected chi connectivity index (χ0v) is 10.1. The molecule has 0 unspecified atom stereocenters. The lowest BCUT2D eigenvalue weighted by molar-refractivity contribution is 0.405. The van der Waals surface area contributed by atoms with E-state index in [9.17, 15) is 5.11 Å². The van der Waals surface area contributed by atoms with Gasteiger partial charge < -0.3 is 10.6 Å². The van der Waals surface area contributed by atoms with Crippen molar-refractivity contribution in [2.75, 3.05) is 0 Å². The summed E-state index contributed by atoms with van der Waals surface area (Å²) in [5, 5.41) is 9.46. The van der Waals surface area contributed by atoms with E-state index < -0.39 is 8.25 Å². The van der Waals surface area contributed by atoms with Gasteiger partial charge in [0.15, 0.2) is 0 Å². The van der Waals surface area contributed by atoms with E-state index in [1.165, 1.54) is 0 Å². The number of benzene rings is 1. The number of allylic oxidation sites excluding steroid dienone is 1. The van der Waals surface area contributed by atoms with Crippen LogP contribution in [0.25, 0.3) is 6.08 Å². The van der Waals surface area contributed by atoms with Gasteiger partial charge in [-0.1, -0.05) is 30.9 Å². The Hall–Kier alpha value is -1.52. The number of hydrogen-bond donors (Lipinski definition) is 3. The van der Waals surface area contributed by atoms with Crippen LogP contribution in [0.15, 0.2) is 37.4 Å². The van der Waals surface area contributed by atoms with Crippen molar-refractivity contribution in [3.8, 4) is 5.75 Å². The van der Waals surface area contributed by atoms with Crippen molar-refractivity contribution in [1.82, 2.24) is 0 Å². The number of aromatic hydroxyl groups is 1. The van der Waals surface area contributed by atoms with E-state index >= 15 is 0 Å². The first-order valence-electron chi connectivity index (χ1n) is 4.42. The SMILES string of the molecule is C=CCc1c(O)cccc1C=C.O.O=[P+](O)O. The first kappa shape index (κ1) is 17.9. The molecule has 1 rings (SSSR count). The molecule has 17 heavy (non-hydrogen) atoms. The van der Waals surface area contributed by atoms with E-state index in [1.807, 2.05) is 6.07 Å². The minimum absolute atomic E-state index is 0. The third kappa shape index (κ3) is 7.38. The summed E-state index contributed by atoms with van der Waals surface area (Å²) in [5.74, 6) is 0.312. The Labute approximate surface area is 101 Å². The van der Waals surface area contributed by atoms with Crippen LogP contribution in [-0.4, -0.2) is 20.4 Å². The third-order valence-corrected chi connectivity index (χ3v) is 1.76. The molecular formula is C11H16O5P+. The molecule has 0 aliphatic rings. The molecule has 0 spiro atoms. The van der Waals surface area contributed by atoms with Crippen molar-refractivity contribution in [3.05, 3.63) is 48.6 Å². The number of phenols is 1. The van der Waals surface area contributed by atoms with Crippen LogP contribution in [0.3, 0.4) is 0 Å². The summed E-state index contributed by atoms with van der Waals surface area (Å²) in [6, 6.07) is 5.40. The molecule has 6 heteroatoms. The molecule has 0 saturated carbocycles. The van der Waals surface area contributed by atoms with Gasteiger partial charge in [-0.05, 0) is 18.1 Å². The maximum atomic E-state index is 9.46. The third-order valence-electron chi connectivity index (χ3n) is 1.76. The monoisotopic (exact) mass is 259 g/mol. The Kier molecular flexibility index (Phi) is 10.2. The summed E-state index contributed by atoms with van der Waals surface area (Å²) >= 11 is 0. The smallest absolute Gasteiger partial charge is 0.508 e. The predicted molar refractivity (Wildman–Crippen MR) is 67.8 cm³/mol. The lowest BCUT2D eigenvalue weighted by Gasteiger charge is -2.04. The van der Waals surface area contributed by atoms with Gasteiger partial charge in [0.05, 0.1) is 0 Å². The minimum Gasteiger partial charge on any atom is -0.508 e. The molecule has 0 bridgehead atoms. The highest BCUT2D eigenvalue weighted by Gasteiger charge is 2.01. The van der Waals surface area contributed by atoms with E-state index in [-0.39, 0.29) is 5.48 Å². The summed E-state index contributed by atoms with van der Waals surface area (Å²) in [4.78, 5) is 14.2. The molecule has 0 atom stereocenters. The summed E-state index contributed by atoms with van der Waals surface area (Å²) in [5.41, 5.74) is 1.86. The van der Waals surface area contributed by atoms with E-state index in [2.05, 4.69) is 13.2 Å². The highest BCUT2D eigenvalue weighted by atomic mass is 31.1. The Balaban J connectivity index is 0. The maximum absolute atomic E-state index is 9.46. The molecule has 0 saturated heterocycles. The average molecular weight is 259 g/mol. The molecule has 5 nitrogen and oxygen atoms in total. The van der Waals surface area contributed by atoms with Gasteiger partial charge >= 0.3 is 8.25 Å². The molecule has 5 N–H and O–H groups in total. The van der Waals surface area contributed by atoms with Crippen LogP contribution in [0.5, 0.6) is 5.75 Å². The van der Waals surface area contributed by atoms with Crippen LogP contribution >= 0.6 is 8.25 Å². The van der Waals surface area contributed by atoms with Crippen molar-refractivity contribution in [2.24, 2.45) is 0 Å². The quantitative estimate of drug-likeness (QED) is 0.565. The fourth-order valence-corrected chi connectivity index (χ4v) is 1.15. The minimum atomic E-state index is -2.87. The summed E-state index contributed by atoms with van der Waals surface area (Å²) in [6.07, 6.45) is 4.18. The van der Waals surface area contributed by atoms with Crippen molar-refractivity contribution in [2.45, 2.75) is 6.42 Å². The number of rotatable bonds is 3. The average Bonchev–Trinajstić information content (AvgIpc) is 2.20. The standard InChI is InChI=1S/C11H12O.HO3P.H2O/c1-3-6-10-9(4-2)7-5-8-11(10)12;1-4(2)3;/h3-5,7-8,12H,1-2,6H2;(H-,1,2,3);1H2/p+1. The van der Waals surface area contributed by atoms with Crippen LogP contribution in [0, 0.1) is 0 Å². The van der Waals surface area contributed by atoms with Crippen LogP contribution in [-0.2, 0) is 11.0 Å². The highest BCUT2D eigenvalue weighted by molar-refractivity contribution is 7.30. The molecule has 0 amide bonds. The van der Waals surface area contributed by atoms with Crippen molar-refractivity contribution in [3.63, 3.8) is 0 Å². The van der Waals surface area contributed by atoms with Gasteiger partial charge in [0, 0.05) is 10.1 Å². The lowest BCUT2D eigenvalue weighted by atomic mass is 10.0. The zero-order valence-electron chi connectivity index (χ0n) is 9.21. The second-order valence-electron chi connectivity index (χ2n) is 2.79. The fourth-order valence-electron chi connectivity index (χ4n) is 1.15. The van der Waals surface area contributed by atoms with Crippen LogP contribution < -0.4 is 0 Å². The van der Waals surface area contributed by atoms with Gasteiger partial charge in [0.1, 0.15) is 5.75 Å². The largest absolute Gasteiger partial charge is 0.692 e. The van der Waals surface area contributed by atoms with Gasteiger partial charge in [-0.3, -0.25) is 0 Å². The van der Waals surface area contributed by atoms with Gasteiger partial charge in [-0.2, -0.15) is 0 Å². The number of hydrogen-bond acceptors (Lipinski definition) is 2. The first-order chi connectivity index (χ1) is 7.52. The van der Waals surface area contributed by atoms with Crippen molar-refractivity contribution >= 4 is 14.3 Å². The van der Waals surface area contributed by atoms with E-state index in [4.69, 9.17) is 14.4 Å². The van der Waals surface area contributed by atoms with Gasteiger partial charge in [0.25, 0.3) is 0 Å². The Morgan fingerprint density at radius 2 is 1.82 bits per heavy atom. The Morgan fingerprint density at radius 1 is 1.29 bits per heavy atom. The fraction of sp³-hybridized carbons (Fsp3) is 0.0909. The highest BCUT2D eigenvalue weighted by Crippen LogP contribution is 2.22. The summed E-state index contributed by atoms with van der Waals surface area (Å²) < 4.78 is 8.70. The molecule has 0 aliphatic heterocycles. The molecular weight excluding hydrogens is 243 g/mol. The Morgan fingerprint density at radius 3 is 2.24 bits per heavy atom. The van der Waals surface area contributed by atoms with Crippen LogP contribution in [0.1, 0.15) is 11.1 Å². The lowest BCUT2D eigenvalue weighted by Crippen LogP contribution is -1.86. The van der Waals surface area contributed by atoms with Crippen molar-refractivity contribution < 1.29 is 24.9 Å². The second-order valence-corrected chi connectivity index (χ2v) is 3.30. The second kappa shape index (κ2) is 9.69. The van der Waals surface area contributed by atoms with E-state index in [1.54, 1.807) is 24.3 Å². The molecule has 1 aromatic rings. The zero-order chi connectivity index (χ0) is 12.6. The molecule has 0 aromatic heterocycles. The molecule has 0 radical (unpaired) electrons. The van der Waals surface area contributed by atoms with Crippen molar-refractivity contribution in [1.29, 1.82) is 0 Å². The topological polar surface area (TPSA) is 109 Å². The van der Waals surface area contributed by atoms with Crippen LogP contribution in [0.4, 0.5) is 0 Å². The Bertz CT molecular complexity index is 385. The molecule has 1 aromatic carbocycles. The predicted octanol–water partition coefficient (Wildman–Crippen LogP) is 1.57. The molecule has 94 valence electrons. The molecule has 0 heterocycles. The van der Waals surface area contributed by atoms with E-state index in [0.717, 1.165) is 11.1 Å².